The maximum absolute atomic E-state index is 12.3. The minimum Gasteiger partial charge on any atom is -0.324 e. The number of carbonyl (C=O) groups is 1. The molecule has 1 heterocycles. The fraction of sp³-hybridized carbons (Fsp3) is 0.611. The first-order valence-electron chi connectivity index (χ1n) is 8.39. The van der Waals surface area contributed by atoms with Crippen LogP contribution in [0.4, 0.5) is 5.69 Å². The Morgan fingerprint density at radius 3 is 2.39 bits per heavy atom. The number of hydrogen-bond acceptors (Lipinski definition) is 3. The number of amides is 1. The average molecular weight is 340 g/mol. The van der Waals surface area contributed by atoms with Crippen molar-refractivity contribution in [3.8, 4) is 0 Å². The first-order chi connectivity index (χ1) is 10.6. The van der Waals surface area contributed by atoms with Crippen LogP contribution in [0.15, 0.2) is 18.2 Å². The van der Waals surface area contributed by atoms with E-state index in [0.717, 1.165) is 48.9 Å². The van der Waals surface area contributed by atoms with Gasteiger partial charge in [-0.15, -0.1) is 12.4 Å². The summed E-state index contributed by atoms with van der Waals surface area (Å²) in [6, 6.07) is 6.10. The van der Waals surface area contributed by atoms with Gasteiger partial charge in [-0.2, -0.15) is 0 Å². The number of carbonyl (C=O) groups excluding carboxylic acids is 1. The Labute approximate surface area is 146 Å². The van der Waals surface area contributed by atoms with E-state index >= 15 is 0 Å². The zero-order valence-electron chi connectivity index (χ0n) is 14.5. The first-order valence-corrected chi connectivity index (χ1v) is 8.39. The summed E-state index contributed by atoms with van der Waals surface area (Å²) in [5.74, 6) is 0.861. The SMILES string of the molecule is CCNCC1CCN(CC(=O)Nc2c(C)cccc2C)CC1.Cl. The Kier molecular flexibility index (Phi) is 8.59. The zero-order valence-corrected chi connectivity index (χ0v) is 15.3. The third-order valence-corrected chi connectivity index (χ3v) is 4.50. The largest absolute Gasteiger partial charge is 0.324 e. The number of anilines is 1. The van der Waals surface area contributed by atoms with Crippen molar-refractivity contribution in [1.29, 1.82) is 0 Å². The van der Waals surface area contributed by atoms with E-state index in [1.165, 1.54) is 12.8 Å². The first kappa shape index (κ1) is 19.9. The van der Waals surface area contributed by atoms with Crippen LogP contribution in [0, 0.1) is 19.8 Å². The zero-order chi connectivity index (χ0) is 15.9. The second-order valence-electron chi connectivity index (χ2n) is 6.34. The Morgan fingerprint density at radius 1 is 1.22 bits per heavy atom. The van der Waals surface area contributed by atoms with Crippen molar-refractivity contribution in [3.63, 3.8) is 0 Å². The molecule has 1 aromatic rings. The predicted molar refractivity (Wildman–Crippen MR) is 99.5 cm³/mol. The Morgan fingerprint density at radius 2 is 1.83 bits per heavy atom. The summed E-state index contributed by atoms with van der Waals surface area (Å²) in [5, 5.41) is 6.50. The van der Waals surface area contributed by atoms with E-state index in [1.807, 2.05) is 32.0 Å². The summed E-state index contributed by atoms with van der Waals surface area (Å²) in [5.41, 5.74) is 3.21. The molecule has 0 radical (unpaired) electrons. The van der Waals surface area contributed by atoms with E-state index in [1.54, 1.807) is 0 Å². The van der Waals surface area contributed by atoms with Crippen molar-refractivity contribution in [2.45, 2.75) is 33.6 Å². The molecule has 0 spiro atoms. The standard InChI is InChI=1S/C18H29N3O.ClH/c1-4-19-12-16-8-10-21(11-9-16)13-17(22)20-18-14(2)6-5-7-15(18)3;/h5-7,16,19H,4,8-13H2,1-3H3,(H,20,22);1H. The summed E-state index contributed by atoms with van der Waals surface area (Å²) < 4.78 is 0. The number of para-hydroxylation sites is 1. The van der Waals surface area contributed by atoms with Gasteiger partial charge in [0.25, 0.3) is 0 Å². The summed E-state index contributed by atoms with van der Waals surface area (Å²) in [4.78, 5) is 14.5. The van der Waals surface area contributed by atoms with Crippen LogP contribution in [0.2, 0.25) is 0 Å². The highest BCUT2D eigenvalue weighted by molar-refractivity contribution is 5.93. The molecule has 23 heavy (non-hydrogen) atoms. The molecule has 4 nitrogen and oxygen atoms in total. The highest BCUT2D eigenvalue weighted by Crippen LogP contribution is 2.20. The molecule has 0 bridgehead atoms. The molecule has 0 atom stereocenters. The van der Waals surface area contributed by atoms with Crippen LogP contribution in [0.25, 0.3) is 0 Å². The van der Waals surface area contributed by atoms with E-state index in [-0.39, 0.29) is 18.3 Å². The summed E-state index contributed by atoms with van der Waals surface area (Å²) in [6.07, 6.45) is 2.37. The third-order valence-electron chi connectivity index (χ3n) is 4.50. The van der Waals surface area contributed by atoms with Gasteiger partial charge >= 0.3 is 0 Å². The number of benzene rings is 1. The fourth-order valence-corrected chi connectivity index (χ4v) is 3.09. The lowest BCUT2D eigenvalue weighted by Gasteiger charge is -2.31. The summed E-state index contributed by atoms with van der Waals surface area (Å²) in [6.45, 7) is 10.9. The van der Waals surface area contributed by atoms with Crippen LogP contribution in [-0.2, 0) is 4.79 Å². The molecule has 2 N–H and O–H groups in total. The van der Waals surface area contributed by atoms with Gasteiger partial charge in [-0.3, -0.25) is 9.69 Å². The van der Waals surface area contributed by atoms with E-state index in [4.69, 9.17) is 0 Å². The van der Waals surface area contributed by atoms with Crippen LogP contribution in [0.1, 0.15) is 30.9 Å². The number of halogens is 1. The van der Waals surface area contributed by atoms with Crippen LogP contribution in [0.5, 0.6) is 0 Å². The molecule has 0 aromatic heterocycles. The van der Waals surface area contributed by atoms with E-state index < -0.39 is 0 Å². The van der Waals surface area contributed by atoms with E-state index in [2.05, 4.69) is 22.5 Å². The maximum atomic E-state index is 12.3. The number of aryl methyl sites for hydroxylation is 2. The van der Waals surface area contributed by atoms with Gasteiger partial charge in [-0.1, -0.05) is 25.1 Å². The second kappa shape index (κ2) is 9.91. The van der Waals surface area contributed by atoms with Gasteiger partial charge in [0.15, 0.2) is 0 Å². The highest BCUT2D eigenvalue weighted by atomic mass is 35.5. The lowest BCUT2D eigenvalue weighted by Crippen LogP contribution is -2.41. The number of nitrogens with one attached hydrogen (secondary N) is 2. The van der Waals surface area contributed by atoms with Gasteiger partial charge in [-0.05, 0) is 69.9 Å². The molecular formula is C18H30ClN3O. The molecule has 1 aromatic carbocycles. The number of piperidine rings is 1. The van der Waals surface area contributed by atoms with Crippen molar-refractivity contribution in [3.05, 3.63) is 29.3 Å². The van der Waals surface area contributed by atoms with Crippen LogP contribution in [-0.4, -0.2) is 43.5 Å². The molecule has 0 aliphatic carbocycles. The maximum Gasteiger partial charge on any atom is 0.238 e. The summed E-state index contributed by atoms with van der Waals surface area (Å²) in [7, 11) is 0. The third kappa shape index (κ3) is 6.13. The van der Waals surface area contributed by atoms with Crippen molar-refractivity contribution in [2.24, 2.45) is 5.92 Å². The summed E-state index contributed by atoms with van der Waals surface area (Å²) >= 11 is 0. The van der Waals surface area contributed by atoms with Crippen molar-refractivity contribution < 1.29 is 4.79 Å². The van der Waals surface area contributed by atoms with Crippen LogP contribution >= 0.6 is 12.4 Å². The number of hydrogen-bond donors (Lipinski definition) is 2. The molecule has 1 saturated heterocycles. The Hall–Kier alpha value is -1.10. The van der Waals surface area contributed by atoms with Gasteiger partial charge in [0.2, 0.25) is 5.91 Å². The fourth-order valence-electron chi connectivity index (χ4n) is 3.09. The van der Waals surface area contributed by atoms with E-state index in [0.29, 0.717) is 6.54 Å². The molecule has 1 amide bonds. The molecule has 2 rings (SSSR count). The molecule has 1 aliphatic rings. The van der Waals surface area contributed by atoms with E-state index in [9.17, 15) is 4.79 Å². The molecule has 0 unspecified atom stereocenters. The van der Waals surface area contributed by atoms with Gasteiger partial charge < -0.3 is 10.6 Å². The number of rotatable bonds is 6. The lowest BCUT2D eigenvalue weighted by atomic mass is 9.97. The molecule has 1 aliphatic heterocycles. The Bertz CT molecular complexity index is 479. The lowest BCUT2D eigenvalue weighted by molar-refractivity contribution is -0.117. The van der Waals surface area contributed by atoms with Crippen LogP contribution in [0.3, 0.4) is 0 Å². The van der Waals surface area contributed by atoms with Crippen molar-refractivity contribution in [2.75, 3.05) is 38.0 Å². The highest BCUT2D eigenvalue weighted by Gasteiger charge is 2.20. The van der Waals surface area contributed by atoms with Crippen molar-refractivity contribution in [1.82, 2.24) is 10.2 Å². The molecule has 0 saturated carbocycles. The molecule has 1 fully saturated rings. The molecule has 5 heteroatoms. The number of likely N-dealkylation sites (tertiary alicyclic amines) is 1. The topological polar surface area (TPSA) is 44.4 Å². The van der Waals surface area contributed by atoms with Gasteiger partial charge in [-0.25, -0.2) is 0 Å². The van der Waals surface area contributed by atoms with Gasteiger partial charge in [0, 0.05) is 5.69 Å². The number of nitrogens with zero attached hydrogens (tertiary/aromatic N) is 1. The smallest absolute Gasteiger partial charge is 0.238 e. The Balaban J connectivity index is 0.00000264. The monoisotopic (exact) mass is 339 g/mol. The molecule has 130 valence electrons. The minimum absolute atomic E-state index is 0. The molecular weight excluding hydrogens is 310 g/mol. The quantitative estimate of drug-likeness (QED) is 0.837. The second-order valence-corrected chi connectivity index (χ2v) is 6.34. The normalized spacial score (nSPS) is 16.0. The van der Waals surface area contributed by atoms with Gasteiger partial charge in [0.05, 0.1) is 6.54 Å². The van der Waals surface area contributed by atoms with Crippen molar-refractivity contribution >= 4 is 24.0 Å². The predicted octanol–water partition coefficient (Wildman–Crippen LogP) is 2.99. The van der Waals surface area contributed by atoms with Crippen LogP contribution < -0.4 is 10.6 Å². The minimum atomic E-state index is 0. The van der Waals surface area contributed by atoms with Gasteiger partial charge in [0.1, 0.15) is 0 Å². The average Bonchev–Trinajstić information content (AvgIpc) is 2.50.